The number of hydrogen-bond donors (Lipinski definition) is 2. The molecule has 0 spiro atoms. The van der Waals surface area contributed by atoms with Gasteiger partial charge in [0.05, 0.1) is 5.25 Å². The van der Waals surface area contributed by atoms with Crippen molar-refractivity contribution in [2.24, 2.45) is 11.8 Å². The molecule has 0 aliphatic heterocycles. The molecule has 1 heterocycles. The van der Waals surface area contributed by atoms with Crippen molar-refractivity contribution in [3.63, 3.8) is 0 Å². The number of hydrazine groups is 1. The number of amides is 1. The number of carbonyl (C=O) groups is 1. The van der Waals surface area contributed by atoms with E-state index in [-0.39, 0.29) is 17.1 Å². The molecule has 1 aromatic heterocycles. The molecule has 0 bridgehead atoms. The first-order valence-electron chi connectivity index (χ1n) is 4.84. The molecule has 1 amide bonds. The summed E-state index contributed by atoms with van der Waals surface area (Å²) in [7, 11) is 0. The van der Waals surface area contributed by atoms with Crippen LogP contribution in [-0.4, -0.2) is 16.1 Å². The van der Waals surface area contributed by atoms with Crippen molar-refractivity contribution < 1.29 is 4.79 Å². The molecule has 1 atom stereocenters. The van der Waals surface area contributed by atoms with Gasteiger partial charge in [-0.1, -0.05) is 25.6 Å². The van der Waals surface area contributed by atoms with Crippen LogP contribution in [0.15, 0.2) is 27.8 Å². The normalized spacial score (nSPS) is 12.6. The van der Waals surface area contributed by atoms with Gasteiger partial charge < -0.3 is 0 Å². The second-order valence-corrected chi connectivity index (χ2v) is 5.57. The van der Waals surface area contributed by atoms with Crippen molar-refractivity contribution in [3.05, 3.63) is 22.8 Å². The summed E-state index contributed by atoms with van der Waals surface area (Å²) in [5.41, 5.74) is 2.18. The van der Waals surface area contributed by atoms with Crippen LogP contribution in [0.25, 0.3) is 0 Å². The summed E-state index contributed by atoms with van der Waals surface area (Å²) in [4.78, 5) is 15.8. The molecular weight excluding hydrogens is 290 g/mol. The standard InChI is InChI=1S/C10H14BrN3OS/c1-6(2)8(9(15)14-12)16-10-7(11)4-3-5-13-10/h3-6,8H,12H2,1-2H3,(H,14,15). The van der Waals surface area contributed by atoms with Crippen molar-refractivity contribution in [2.75, 3.05) is 0 Å². The van der Waals surface area contributed by atoms with Gasteiger partial charge in [-0.05, 0) is 34.0 Å². The van der Waals surface area contributed by atoms with Crippen LogP contribution in [0, 0.1) is 5.92 Å². The molecule has 0 saturated carbocycles. The van der Waals surface area contributed by atoms with E-state index in [1.54, 1.807) is 6.20 Å². The number of carbonyl (C=O) groups excluding carboxylic acids is 1. The zero-order chi connectivity index (χ0) is 12.1. The molecule has 1 unspecified atom stereocenters. The Labute approximate surface area is 107 Å². The van der Waals surface area contributed by atoms with E-state index in [2.05, 4.69) is 26.3 Å². The molecular formula is C10H14BrN3OS. The molecule has 3 N–H and O–H groups in total. The summed E-state index contributed by atoms with van der Waals surface area (Å²) in [6, 6.07) is 3.73. The van der Waals surface area contributed by atoms with Crippen LogP contribution < -0.4 is 11.3 Å². The third-order valence-corrected chi connectivity index (χ3v) is 4.43. The first kappa shape index (κ1) is 13.5. The van der Waals surface area contributed by atoms with E-state index in [0.29, 0.717) is 0 Å². The molecule has 16 heavy (non-hydrogen) atoms. The lowest BCUT2D eigenvalue weighted by Crippen LogP contribution is -2.40. The topological polar surface area (TPSA) is 68.0 Å². The van der Waals surface area contributed by atoms with Gasteiger partial charge in [0, 0.05) is 10.7 Å². The van der Waals surface area contributed by atoms with Crippen molar-refractivity contribution in [3.8, 4) is 0 Å². The number of halogens is 1. The Bertz CT molecular complexity index is 373. The van der Waals surface area contributed by atoms with Gasteiger partial charge in [-0.25, -0.2) is 10.8 Å². The summed E-state index contributed by atoms with van der Waals surface area (Å²) in [5, 5.41) is 0.556. The van der Waals surface area contributed by atoms with Gasteiger partial charge in [0.2, 0.25) is 5.91 Å². The molecule has 1 rings (SSSR count). The number of pyridine rings is 1. The fourth-order valence-corrected chi connectivity index (χ4v) is 2.68. The summed E-state index contributed by atoms with van der Waals surface area (Å²) < 4.78 is 0.885. The summed E-state index contributed by atoms with van der Waals surface area (Å²) in [6.07, 6.45) is 1.70. The number of nitrogens with zero attached hydrogens (tertiary/aromatic N) is 1. The van der Waals surface area contributed by atoms with Crippen LogP contribution >= 0.6 is 27.7 Å². The van der Waals surface area contributed by atoms with Crippen molar-refractivity contribution in [1.29, 1.82) is 0 Å². The Balaban J connectivity index is 2.84. The smallest absolute Gasteiger partial charge is 0.247 e. The first-order chi connectivity index (χ1) is 7.56. The van der Waals surface area contributed by atoms with E-state index >= 15 is 0 Å². The zero-order valence-electron chi connectivity index (χ0n) is 9.11. The first-order valence-corrected chi connectivity index (χ1v) is 6.51. The van der Waals surface area contributed by atoms with E-state index in [0.717, 1.165) is 9.50 Å². The average Bonchev–Trinajstić information content (AvgIpc) is 2.26. The van der Waals surface area contributed by atoms with Crippen LogP contribution in [0.1, 0.15) is 13.8 Å². The predicted molar refractivity (Wildman–Crippen MR) is 68.8 cm³/mol. The third kappa shape index (κ3) is 3.47. The Morgan fingerprint density at radius 3 is 2.81 bits per heavy atom. The van der Waals surface area contributed by atoms with Crippen LogP contribution in [-0.2, 0) is 4.79 Å². The fraction of sp³-hybridized carbons (Fsp3) is 0.400. The second-order valence-electron chi connectivity index (χ2n) is 3.58. The number of thioether (sulfide) groups is 1. The predicted octanol–water partition coefficient (Wildman–Crippen LogP) is 1.95. The molecule has 0 radical (unpaired) electrons. The van der Waals surface area contributed by atoms with Crippen LogP contribution in [0.2, 0.25) is 0 Å². The van der Waals surface area contributed by atoms with Crippen LogP contribution in [0.4, 0.5) is 0 Å². The molecule has 0 aliphatic carbocycles. The quantitative estimate of drug-likeness (QED) is 0.386. The average molecular weight is 304 g/mol. The zero-order valence-corrected chi connectivity index (χ0v) is 11.5. The van der Waals surface area contributed by atoms with Crippen LogP contribution in [0.3, 0.4) is 0 Å². The fourth-order valence-electron chi connectivity index (χ4n) is 1.15. The molecule has 88 valence electrons. The van der Waals surface area contributed by atoms with Gasteiger partial charge in [0.25, 0.3) is 0 Å². The number of aromatic nitrogens is 1. The minimum atomic E-state index is -0.240. The summed E-state index contributed by atoms with van der Waals surface area (Å²) in [5.74, 6) is 5.16. The Hall–Kier alpha value is -0.590. The van der Waals surface area contributed by atoms with Crippen molar-refractivity contribution in [2.45, 2.75) is 24.1 Å². The van der Waals surface area contributed by atoms with E-state index in [9.17, 15) is 4.79 Å². The second kappa shape index (κ2) is 6.22. The van der Waals surface area contributed by atoms with E-state index in [1.165, 1.54) is 11.8 Å². The lowest BCUT2D eigenvalue weighted by Gasteiger charge is -2.18. The van der Waals surface area contributed by atoms with Gasteiger partial charge in [-0.15, -0.1) is 0 Å². The summed E-state index contributed by atoms with van der Waals surface area (Å²) >= 11 is 4.80. The highest BCUT2D eigenvalue weighted by molar-refractivity contribution is 9.10. The Morgan fingerprint density at radius 1 is 1.62 bits per heavy atom. The van der Waals surface area contributed by atoms with Gasteiger partial charge in [0.15, 0.2) is 0 Å². The molecule has 6 heteroatoms. The Morgan fingerprint density at radius 2 is 2.31 bits per heavy atom. The number of nitrogens with one attached hydrogen (secondary N) is 1. The molecule has 0 aromatic carbocycles. The van der Waals surface area contributed by atoms with Gasteiger partial charge >= 0.3 is 0 Å². The summed E-state index contributed by atoms with van der Waals surface area (Å²) in [6.45, 7) is 3.95. The molecule has 0 aliphatic rings. The van der Waals surface area contributed by atoms with Gasteiger partial charge in [0.1, 0.15) is 5.03 Å². The molecule has 4 nitrogen and oxygen atoms in total. The lowest BCUT2D eigenvalue weighted by molar-refractivity contribution is -0.121. The van der Waals surface area contributed by atoms with Gasteiger partial charge in [-0.2, -0.15) is 0 Å². The SMILES string of the molecule is CC(C)C(Sc1ncccc1Br)C(=O)NN. The number of nitrogens with two attached hydrogens (primary N) is 1. The number of hydrogen-bond acceptors (Lipinski definition) is 4. The molecule has 1 aromatic rings. The molecule has 0 saturated heterocycles. The lowest BCUT2D eigenvalue weighted by atomic mass is 10.1. The monoisotopic (exact) mass is 303 g/mol. The third-order valence-electron chi connectivity index (χ3n) is 1.97. The van der Waals surface area contributed by atoms with Crippen LogP contribution in [0.5, 0.6) is 0 Å². The number of rotatable bonds is 4. The highest BCUT2D eigenvalue weighted by Crippen LogP contribution is 2.31. The molecule has 0 fully saturated rings. The maximum atomic E-state index is 11.6. The van der Waals surface area contributed by atoms with Gasteiger partial charge in [-0.3, -0.25) is 10.2 Å². The van der Waals surface area contributed by atoms with E-state index in [1.807, 2.05) is 26.0 Å². The van der Waals surface area contributed by atoms with E-state index in [4.69, 9.17) is 5.84 Å². The highest BCUT2D eigenvalue weighted by Gasteiger charge is 2.24. The maximum absolute atomic E-state index is 11.6. The minimum absolute atomic E-state index is 0.183. The van der Waals surface area contributed by atoms with Crippen molar-refractivity contribution in [1.82, 2.24) is 10.4 Å². The minimum Gasteiger partial charge on any atom is -0.293 e. The Kier molecular flexibility index (Phi) is 5.24. The maximum Gasteiger partial charge on any atom is 0.247 e. The van der Waals surface area contributed by atoms with Crippen molar-refractivity contribution >= 4 is 33.6 Å². The van der Waals surface area contributed by atoms with E-state index < -0.39 is 0 Å². The largest absolute Gasteiger partial charge is 0.293 e. The highest BCUT2D eigenvalue weighted by atomic mass is 79.9.